The highest BCUT2D eigenvalue weighted by Gasteiger charge is 2.27. The second kappa shape index (κ2) is 5.65. The van der Waals surface area contributed by atoms with Gasteiger partial charge in [-0.3, -0.25) is 9.80 Å². The molecule has 1 N–H and O–H groups in total. The molecule has 2 heterocycles. The minimum atomic E-state index is 0.658. The number of hydrogen-bond donors (Lipinski definition) is 1. The summed E-state index contributed by atoms with van der Waals surface area (Å²) in [5, 5.41) is 0. The summed E-state index contributed by atoms with van der Waals surface area (Å²) in [5.74, 6) is 1.08. The van der Waals surface area contributed by atoms with Crippen LogP contribution < -0.4 is 0 Å². The van der Waals surface area contributed by atoms with Crippen LogP contribution in [0.3, 0.4) is 0 Å². The Morgan fingerprint density at radius 1 is 1.47 bits per heavy atom. The minimum absolute atomic E-state index is 0.658. The van der Waals surface area contributed by atoms with Gasteiger partial charge in [0.1, 0.15) is 5.82 Å². The summed E-state index contributed by atoms with van der Waals surface area (Å²) >= 11 is 0. The van der Waals surface area contributed by atoms with E-state index in [2.05, 4.69) is 40.5 Å². The molecular weight excluding hydrogens is 212 g/mol. The molecule has 4 nitrogen and oxygen atoms in total. The highest BCUT2D eigenvalue weighted by atomic mass is 15.3. The molecule has 0 bridgehead atoms. The quantitative estimate of drug-likeness (QED) is 0.864. The first-order valence-electron chi connectivity index (χ1n) is 6.67. The van der Waals surface area contributed by atoms with E-state index < -0.39 is 0 Å². The number of nitrogens with zero attached hydrogens (tertiary/aromatic N) is 3. The Morgan fingerprint density at radius 3 is 2.88 bits per heavy atom. The lowest BCUT2D eigenvalue weighted by atomic mass is 10.1. The highest BCUT2D eigenvalue weighted by molar-refractivity contribution is 4.90. The maximum Gasteiger partial charge on any atom is 0.120 e. The lowest BCUT2D eigenvalue weighted by molar-refractivity contribution is 0.0446. The third kappa shape index (κ3) is 3.07. The third-order valence-electron chi connectivity index (χ3n) is 3.68. The van der Waals surface area contributed by atoms with Crippen LogP contribution in [-0.2, 0) is 6.54 Å². The summed E-state index contributed by atoms with van der Waals surface area (Å²) in [6.45, 7) is 11.3. The Labute approximate surface area is 104 Å². The van der Waals surface area contributed by atoms with E-state index in [1.807, 2.05) is 12.4 Å². The van der Waals surface area contributed by atoms with E-state index in [1.54, 1.807) is 0 Å². The SMILES string of the molecule is CCC1CN(Cc2ncc[nH]2)CCN1C(C)C. The first-order chi connectivity index (χ1) is 8.20. The monoisotopic (exact) mass is 236 g/mol. The molecule has 17 heavy (non-hydrogen) atoms. The predicted molar refractivity (Wildman–Crippen MR) is 69.8 cm³/mol. The Hall–Kier alpha value is -0.870. The molecule has 1 aliphatic heterocycles. The van der Waals surface area contributed by atoms with Gasteiger partial charge in [0, 0.05) is 44.1 Å². The molecule has 1 aromatic heterocycles. The zero-order chi connectivity index (χ0) is 12.3. The lowest BCUT2D eigenvalue weighted by Crippen LogP contribution is -2.54. The fraction of sp³-hybridized carbons (Fsp3) is 0.769. The number of rotatable bonds is 4. The van der Waals surface area contributed by atoms with E-state index in [4.69, 9.17) is 0 Å². The zero-order valence-corrected chi connectivity index (χ0v) is 11.2. The summed E-state index contributed by atoms with van der Waals surface area (Å²) in [6.07, 6.45) is 4.96. The van der Waals surface area contributed by atoms with Crippen LogP contribution in [0.1, 0.15) is 33.0 Å². The minimum Gasteiger partial charge on any atom is -0.348 e. The first kappa shape index (κ1) is 12.6. The molecule has 0 spiro atoms. The molecule has 0 saturated carbocycles. The molecule has 1 fully saturated rings. The van der Waals surface area contributed by atoms with Crippen molar-refractivity contribution in [2.75, 3.05) is 19.6 Å². The molecule has 1 atom stereocenters. The normalized spacial score (nSPS) is 23.4. The van der Waals surface area contributed by atoms with Crippen LogP contribution in [0.25, 0.3) is 0 Å². The average Bonchev–Trinajstić information content (AvgIpc) is 2.81. The van der Waals surface area contributed by atoms with E-state index in [9.17, 15) is 0 Å². The van der Waals surface area contributed by atoms with E-state index in [-0.39, 0.29) is 0 Å². The van der Waals surface area contributed by atoms with Gasteiger partial charge in [0.25, 0.3) is 0 Å². The largest absolute Gasteiger partial charge is 0.348 e. The van der Waals surface area contributed by atoms with E-state index in [0.29, 0.717) is 12.1 Å². The second-order valence-electron chi connectivity index (χ2n) is 5.16. The summed E-state index contributed by atoms with van der Waals surface area (Å²) < 4.78 is 0. The van der Waals surface area contributed by atoms with Crippen molar-refractivity contribution in [2.45, 2.75) is 45.8 Å². The fourth-order valence-corrected chi connectivity index (χ4v) is 2.72. The van der Waals surface area contributed by atoms with Crippen molar-refractivity contribution < 1.29 is 0 Å². The van der Waals surface area contributed by atoms with Gasteiger partial charge in [0.15, 0.2) is 0 Å². The number of aromatic nitrogens is 2. The van der Waals surface area contributed by atoms with Crippen LogP contribution >= 0.6 is 0 Å². The van der Waals surface area contributed by atoms with Gasteiger partial charge < -0.3 is 4.98 Å². The van der Waals surface area contributed by atoms with Crippen LogP contribution in [0, 0.1) is 0 Å². The standard InChI is InChI=1S/C13H24N4/c1-4-12-9-16(7-8-17(12)11(2)3)10-13-14-5-6-15-13/h5-6,11-12H,4,7-10H2,1-3H3,(H,14,15). The van der Waals surface area contributed by atoms with Gasteiger partial charge in [-0.25, -0.2) is 4.98 Å². The summed E-state index contributed by atoms with van der Waals surface area (Å²) in [5.41, 5.74) is 0. The van der Waals surface area contributed by atoms with Crippen molar-refractivity contribution in [2.24, 2.45) is 0 Å². The maximum absolute atomic E-state index is 4.30. The van der Waals surface area contributed by atoms with Crippen LogP contribution in [-0.4, -0.2) is 51.5 Å². The zero-order valence-electron chi connectivity index (χ0n) is 11.2. The number of H-pyrrole nitrogens is 1. The molecule has 4 heteroatoms. The summed E-state index contributed by atoms with van der Waals surface area (Å²) in [4.78, 5) is 12.6. The summed E-state index contributed by atoms with van der Waals surface area (Å²) in [6, 6.07) is 1.35. The number of imidazole rings is 1. The summed E-state index contributed by atoms with van der Waals surface area (Å²) in [7, 11) is 0. The molecule has 0 radical (unpaired) electrons. The first-order valence-corrected chi connectivity index (χ1v) is 6.67. The van der Waals surface area contributed by atoms with Gasteiger partial charge in [0.05, 0.1) is 6.54 Å². The van der Waals surface area contributed by atoms with Crippen LogP contribution in [0.2, 0.25) is 0 Å². The van der Waals surface area contributed by atoms with E-state index in [1.165, 1.54) is 13.0 Å². The number of hydrogen-bond acceptors (Lipinski definition) is 3. The lowest BCUT2D eigenvalue weighted by Gasteiger charge is -2.43. The second-order valence-corrected chi connectivity index (χ2v) is 5.16. The third-order valence-corrected chi connectivity index (χ3v) is 3.68. The van der Waals surface area contributed by atoms with E-state index in [0.717, 1.165) is 25.5 Å². The molecule has 1 aromatic rings. The topological polar surface area (TPSA) is 35.2 Å². The number of aromatic amines is 1. The molecule has 0 aromatic carbocycles. The Morgan fingerprint density at radius 2 is 2.29 bits per heavy atom. The van der Waals surface area contributed by atoms with Crippen molar-refractivity contribution in [1.29, 1.82) is 0 Å². The van der Waals surface area contributed by atoms with E-state index >= 15 is 0 Å². The molecule has 1 saturated heterocycles. The highest BCUT2D eigenvalue weighted by Crippen LogP contribution is 2.16. The Balaban J connectivity index is 1.91. The smallest absolute Gasteiger partial charge is 0.120 e. The predicted octanol–water partition coefficient (Wildman–Crippen LogP) is 1.71. The molecule has 1 aliphatic rings. The van der Waals surface area contributed by atoms with Crippen molar-refractivity contribution in [1.82, 2.24) is 19.8 Å². The number of piperazine rings is 1. The van der Waals surface area contributed by atoms with Gasteiger partial charge in [-0.2, -0.15) is 0 Å². The fourth-order valence-electron chi connectivity index (χ4n) is 2.72. The Bertz CT molecular complexity index is 320. The van der Waals surface area contributed by atoms with Gasteiger partial charge in [-0.1, -0.05) is 6.92 Å². The van der Waals surface area contributed by atoms with Gasteiger partial charge in [0.2, 0.25) is 0 Å². The van der Waals surface area contributed by atoms with Gasteiger partial charge in [-0.05, 0) is 20.3 Å². The van der Waals surface area contributed by atoms with Crippen molar-refractivity contribution in [3.05, 3.63) is 18.2 Å². The van der Waals surface area contributed by atoms with Gasteiger partial charge in [-0.15, -0.1) is 0 Å². The molecule has 96 valence electrons. The van der Waals surface area contributed by atoms with Crippen molar-refractivity contribution >= 4 is 0 Å². The molecule has 1 unspecified atom stereocenters. The Kier molecular flexibility index (Phi) is 4.18. The molecule has 0 amide bonds. The number of nitrogens with one attached hydrogen (secondary N) is 1. The van der Waals surface area contributed by atoms with Crippen molar-refractivity contribution in [3.63, 3.8) is 0 Å². The molecule has 0 aliphatic carbocycles. The average molecular weight is 236 g/mol. The molecule has 2 rings (SSSR count). The van der Waals surface area contributed by atoms with Crippen LogP contribution in [0.15, 0.2) is 12.4 Å². The van der Waals surface area contributed by atoms with Crippen LogP contribution in [0.5, 0.6) is 0 Å². The van der Waals surface area contributed by atoms with Crippen LogP contribution in [0.4, 0.5) is 0 Å². The molecular formula is C13H24N4. The maximum atomic E-state index is 4.30. The van der Waals surface area contributed by atoms with Gasteiger partial charge >= 0.3 is 0 Å². The van der Waals surface area contributed by atoms with Crippen molar-refractivity contribution in [3.8, 4) is 0 Å².